The van der Waals surface area contributed by atoms with E-state index in [1.165, 1.54) is 11.8 Å². The Kier molecular flexibility index (Phi) is 3.75. The second-order valence-electron chi connectivity index (χ2n) is 3.63. The number of ketones is 1. The maximum Gasteiger partial charge on any atom is 0.191 e. The van der Waals surface area contributed by atoms with Crippen molar-refractivity contribution in [2.45, 2.75) is 5.16 Å². The summed E-state index contributed by atoms with van der Waals surface area (Å²) in [6.07, 6.45) is 1.59. The number of carbonyl (C=O) groups is 1. The van der Waals surface area contributed by atoms with Gasteiger partial charge < -0.3 is 4.57 Å². The summed E-state index contributed by atoms with van der Waals surface area (Å²) in [4.78, 5) is 11.9. The standard InChI is InChI=1S/C12H10N4OS/c1-16-8-14-15-12(16)18-7-11(17)10-4-2-9(6-13)3-5-10/h2-5,8H,7H2,1H3. The lowest BCUT2D eigenvalue weighted by Gasteiger charge is -2.01. The molecule has 0 aliphatic carbocycles. The maximum atomic E-state index is 11.9. The van der Waals surface area contributed by atoms with Crippen LogP contribution in [-0.2, 0) is 7.05 Å². The number of carbonyl (C=O) groups excluding carboxylic acids is 1. The van der Waals surface area contributed by atoms with E-state index in [-0.39, 0.29) is 5.78 Å². The molecule has 1 heterocycles. The Hall–Kier alpha value is -2.13. The smallest absolute Gasteiger partial charge is 0.191 e. The van der Waals surface area contributed by atoms with Crippen LogP contribution in [0.3, 0.4) is 0 Å². The highest BCUT2D eigenvalue weighted by Crippen LogP contribution is 2.15. The van der Waals surface area contributed by atoms with Gasteiger partial charge in [-0.1, -0.05) is 23.9 Å². The zero-order chi connectivity index (χ0) is 13.0. The minimum absolute atomic E-state index is 0.00693. The monoisotopic (exact) mass is 258 g/mol. The molecule has 1 aromatic heterocycles. The Labute approximate surface area is 108 Å². The van der Waals surface area contributed by atoms with E-state index in [0.29, 0.717) is 22.0 Å². The van der Waals surface area contributed by atoms with E-state index in [0.717, 1.165) is 0 Å². The molecule has 0 saturated heterocycles. The predicted molar refractivity (Wildman–Crippen MR) is 67.2 cm³/mol. The fourth-order valence-corrected chi connectivity index (χ4v) is 2.13. The highest BCUT2D eigenvalue weighted by atomic mass is 32.2. The highest BCUT2D eigenvalue weighted by molar-refractivity contribution is 7.99. The topological polar surface area (TPSA) is 71.6 Å². The van der Waals surface area contributed by atoms with Crippen molar-refractivity contribution in [2.75, 3.05) is 5.75 Å². The number of Topliss-reactive ketones (excluding diaryl/α,β-unsaturated/α-hetero) is 1. The zero-order valence-electron chi connectivity index (χ0n) is 9.70. The number of aryl methyl sites for hydroxylation is 1. The number of thioether (sulfide) groups is 1. The molecule has 0 amide bonds. The van der Waals surface area contributed by atoms with E-state index < -0.39 is 0 Å². The molecule has 0 radical (unpaired) electrons. The van der Waals surface area contributed by atoms with Gasteiger partial charge in [0.25, 0.3) is 0 Å². The summed E-state index contributed by atoms with van der Waals surface area (Å²) >= 11 is 1.34. The molecular weight excluding hydrogens is 248 g/mol. The van der Waals surface area contributed by atoms with Gasteiger partial charge in [0.15, 0.2) is 10.9 Å². The van der Waals surface area contributed by atoms with Crippen molar-refractivity contribution in [3.05, 3.63) is 41.7 Å². The van der Waals surface area contributed by atoms with Crippen molar-refractivity contribution in [1.29, 1.82) is 5.26 Å². The molecule has 0 spiro atoms. The third-order valence-electron chi connectivity index (χ3n) is 2.34. The largest absolute Gasteiger partial charge is 0.312 e. The van der Waals surface area contributed by atoms with E-state index in [2.05, 4.69) is 10.2 Å². The Bertz CT molecular complexity index is 597. The first-order chi connectivity index (χ1) is 8.70. The van der Waals surface area contributed by atoms with Crippen LogP contribution in [0.2, 0.25) is 0 Å². The summed E-state index contributed by atoms with van der Waals surface area (Å²) in [7, 11) is 1.83. The van der Waals surface area contributed by atoms with E-state index in [4.69, 9.17) is 5.26 Å². The van der Waals surface area contributed by atoms with Crippen LogP contribution in [0.25, 0.3) is 0 Å². The normalized spacial score (nSPS) is 10.0. The third kappa shape index (κ3) is 2.76. The lowest BCUT2D eigenvalue weighted by molar-refractivity contribution is 0.102. The maximum absolute atomic E-state index is 11.9. The van der Waals surface area contributed by atoms with E-state index in [1.807, 2.05) is 13.1 Å². The first-order valence-electron chi connectivity index (χ1n) is 5.21. The van der Waals surface area contributed by atoms with Crippen molar-refractivity contribution in [3.8, 4) is 6.07 Å². The van der Waals surface area contributed by atoms with Crippen molar-refractivity contribution in [1.82, 2.24) is 14.8 Å². The number of benzene rings is 1. The molecule has 0 saturated carbocycles. The minimum atomic E-state index is 0.00693. The van der Waals surface area contributed by atoms with E-state index >= 15 is 0 Å². The van der Waals surface area contributed by atoms with Gasteiger partial charge in [-0.3, -0.25) is 4.79 Å². The summed E-state index contributed by atoms with van der Waals surface area (Å²) in [5.41, 5.74) is 1.15. The molecule has 0 unspecified atom stereocenters. The molecule has 0 aliphatic rings. The molecule has 5 nitrogen and oxygen atoms in total. The summed E-state index contributed by atoms with van der Waals surface area (Å²) in [6, 6.07) is 8.62. The fraction of sp³-hybridized carbons (Fsp3) is 0.167. The Morgan fingerprint density at radius 2 is 2.17 bits per heavy atom. The van der Waals surface area contributed by atoms with Gasteiger partial charge in [0.1, 0.15) is 6.33 Å². The van der Waals surface area contributed by atoms with Crippen LogP contribution >= 0.6 is 11.8 Å². The van der Waals surface area contributed by atoms with Crippen LogP contribution in [0.15, 0.2) is 35.7 Å². The first kappa shape index (κ1) is 12.3. The SMILES string of the molecule is Cn1cnnc1SCC(=O)c1ccc(C#N)cc1. The molecule has 90 valence electrons. The van der Waals surface area contributed by atoms with E-state index in [1.54, 1.807) is 35.2 Å². The average Bonchev–Trinajstić information content (AvgIpc) is 2.81. The molecule has 0 bridgehead atoms. The van der Waals surface area contributed by atoms with Gasteiger partial charge in [-0.2, -0.15) is 5.26 Å². The molecule has 1 aromatic carbocycles. The lowest BCUT2D eigenvalue weighted by Crippen LogP contribution is -2.03. The molecule has 2 rings (SSSR count). The van der Waals surface area contributed by atoms with Crippen molar-refractivity contribution in [2.24, 2.45) is 7.05 Å². The molecule has 18 heavy (non-hydrogen) atoms. The second-order valence-corrected chi connectivity index (χ2v) is 4.57. The highest BCUT2D eigenvalue weighted by Gasteiger charge is 2.09. The number of hydrogen-bond acceptors (Lipinski definition) is 5. The molecule has 0 fully saturated rings. The molecule has 0 atom stereocenters. The van der Waals surface area contributed by atoms with E-state index in [9.17, 15) is 4.79 Å². The summed E-state index contributed by atoms with van der Waals surface area (Å²) in [5, 5.41) is 17.0. The van der Waals surface area contributed by atoms with Gasteiger partial charge in [-0.25, -0.2) is 0 Å². The predicted octanol–water partition coefficient (Wildman–Crippen LogP) is 1.66. The van der Waals surface area contributed by atoms with Gasteiger partial charge in [-0.15, -0.1) is 10.2 Å². The fourth-order valence-electron chi connectivity index (χ4n) is 1.35. The Morgan fingerprint density at radius 3 is 2.72 bits per heavy atom. The summed E-state index contributed by atoms with van der Waals surface area (Å²) in [6.45, 7) is 0. The summed E-state index contributed by atoms with van der Waals surface area (Å²) in [5.74, 6) is 0.311. The van der Waals surface area contributed by atoms with Gasteiger partial charge >= 0.3 is 0 Å². The average molecular weight is 258 g/mol. The minimum Gasteiger partial charge on any atom is -0.312 e. The van der Waals surface area contributed by atoms with Crippen LogP contribution in [0, 0.1) is 11.3 Å². The van der Waals surface area contributed by atoms with Crippen molar-refractivity contribution in [3.63, 3.8) is 0 Å². The summed E-state index contributed by atoms with van der Waals surface area (Å²) < 4.78 is 1.76. The van der Waals surface area contributed by atoms with Crippen LogP contribution in [0.1, 0.15) is 15.9 Å². The van der Waals surface area contributed by atoms with Crippen molar-refractivity contribution < 1.29 is 4.79 Å². The van der Waals surface area contributed by atoms with Crippen LogP contribution in [-0.4, -0.2) is 26.3 Å². The third-order valence-corrected chi connectivity index (χ3v) is 3.37. The van der Waals surface area contributed by atoms with Gasteiger partial charge in [0, 0.05) is 12.6 Å². The quantitative estimate of drug-likeness (QED) is 0.616. The lowest BCUT2D eigenvalue weighted by atomic mass is 10.1. The first-order valence-corrected chi connectivity index (χ1v) is 6.19. The number of rotatable bonds is 4. The van der Waals surface area contributed by atoms with Gasteiger partial charge in [-0.05, 0) is 12.1 Å². The molecule has 6 heteroatoms. The van der Waals surface area contributed by atoms with Crippen LogP contribution in [0.4, 0.5) is 0 Å². The molecular formula is C12H10N4OS. The van der Waals surface area contributed by atoms with Gasteiger partial charge in [0.2, 0.25) is 0 Å². The van der Waals surface area contributed by atoms with Crippen LogP contribution in [0.5, 0.6) is 0 Å². The number of hydrogen-bond donors (Lipinski definition) is 0. The van der Waals surface area contributed by atoms with Gasteiger partial charge in [0.05, 0.1) is 17.4 Å². The Morgan fingerprint density at radius 1 is 1.44 bits per heavy atom. The molecule has 0 aliphatic heterocycles. The second kappa shape index (κ2) is 5.47. The van der Waals surface area contributed by atoms with Crippen molar-refractivity contribution >= 4 is 17.5 Å². The number of aromatic nitrogens is 3. The molecule has 2 aromatic rings. The zero-order valence-corrected chi connectivity index (χ0v) is 10.5. The number of nitriles is 1. The Balaban J connectivity index is 2.00. The molecule has 0 N–H and O–H groups in total. The number of nitrogens with zero attached hydrogens (tertiary/aromatic N) is 4. The van der Waals surface area contributed by atoms with Crippen LogP contribution < -0.4 is 0 Å².